The summed E-state index contributed by atoms with van der Waals surface area (Å²) in [6.07, 6.45) is 1.38. The van der Waals surface area contributed by atoms with Crippen LogP contribution >= 0.6 is 0 Å². The van der Waals surface area contributed by atoms with Gasteiger partial charge in [-0.2, -0.15) is 0 Å². The summed E-state index contributed by atoms with van der Waals surface area (Å²) in [5.41, 5.74) is 2.12. The molecule has 1 aliphatic rings. The van der Waals surface area contributed by atoms with E-state index in [-0.39, 0.29) is 11.3 Å². The molecule has 7 nitrogen and oxygen atoms in total. The maximum Gasteiger partial charge on any atom is 0.294 e. The van der Waals surface area contributed by atoms with E-state index < -0.39 is 23.5 Å². The molecule has 0 aliphatic carbocycles. The Morgan fingerprint density at radius 1 is 1.12 bits per heavy atom. The van der Waals surface area contributed by atoms with Crippen LogP contribution in [0.3, 0.4) is 0 Å². The summed E-state index contributed by atoms with van der Waals surface area (Å²) in [5, 5.41) is 10.8. The predicted molar refractivity (Wildman–Crippen MR) is 121 cm³/mol. The molecule has 2 aromatic carbocycles. The number of benzene rings is 2. The minimum atomic E-state index is -0.842. The number of nitrogens with zero attached hydrogens (tertiary/aromatic N) is 2. The van der Waals surface area contributed by atoms with Gasteiger partial charge in [0.05, 0.1) is 24.5 Å². The Balaban J connectivity index is 1.85. The smallest absolute Gasteiger partial charge is 0.294 e. The van der Waals surface area contributed by atoms with Crippen LogP contribution in [0.5, 0.6) is 5.75 Å². The van der Waals surface area contributed by atoms with Crippen molar-refractivity contribution in [1.82, 2.24) is 0 Å². The van der Waals surface area contributed by atoms with Gasteiger partial charge in [0.15, 0.2) is 11.5 Å². The van der Waals surface area contributed by atoms with Gasteiger partial charge in [-0.15, -0.1) is 0 Å². The van der Waals surface area contributed by atoms with Crippen LogP contribution in [0, 0.1) is 0 Å². The molecule has 0 fully saturated rings. The van der Waals surface area contributed by atoms with Gasteiger partial charge in [-0.05, 0) is 61.0 Å². The molecule has 0 bridgehead atoms. The normalized spacial score (nSPS) is 15.9. The summed E-state index contributed by atoms with van der Waals surface area (Å²) >= 11 is 0. The monoisotopic (exact) mass is 432 g/mol. The molecule has 1 aliphatic heterocycles. The number of carbonyl (C=O) groups excluding carboxylic acids is 2. The Hall–Kier alpha value is -4.00. The molecule has 0 spiro atoms. The van der Waals surface area contributed by atoms with E-state index in [2.05, 4.69) is 0 Å². The van der Waals surface area contributed by atoms with Crippen molar-refractivity contribution in [2.45, 2.75) is 13.0 Å². The van der Waals surface area contributed by atoms with E-state index >= 15 is 0 Å². The summed E-state index contributed by atoms with van der Waals surface area (Å²) in [6.45, 7) is 2.35. The summed E-state index contributed by atoms with van der Waals surface area (Å²) in [6, 6.07) is 16.8. The number of aliphatic hydroxyl groups is 1. The minimum Gasteiger partial charge on any atom is -0.503 e. The van der Waals surface area contributed by atoms with Crippen molar-refractivity contribution in [3.8, 4) is 5.75 Å². The lowest BCUT2D eigenvalue weighted by Gasteiger charge is -2.27. The quantitative estimate of drug-likeness (QED) is 0.553. The van der Waals surface area contributed by atoms with Gasteiger partial charge in [-0.1, -0.05) is 12.1 Å². The highest BCUT2D eigenvalue weighted by atomic mass is 16.5. The van der Waals surface area contributed by atoms with Gasteiger partial charge < -0.3 is 19.2 Å². The van der Waals surface area contributed by atoms with Gasteiger partial charge in [0, 0.05) is 25.5 Å². The second kappa shape index (κ2) is 8.63. The maximum absolute atomic E-state index is 13.3. The largest absolute Gasteiger partial charge is 0.503 e. The second-order valence-electron chi connectivity index (χ2n) is 7.56. The molecule has 0 saturated heterocycles. The number of furan rings is 1. The molecule has 0 radical (unpaired) electrons. The van der Waals surface area contributed by atoms with E-state index in [0.717, 1.165) is 5.69 Å². The fourth-order valence-corrected chi connectivity index (χ4v) is 3.81. The van der Waals surface area contributed by atoms with Crippen LogP contribution in [-0.2, 0) is 4.79 Å². The average molecular weight is 432 g/mol. The molecular weight excluding hydrogens is 408 g/mol. The lowest BCUT2D eigenvalue weighted by molar-refractivity contribution is -0.117. The Morgan fingerprint density at radius 3 is 2.50 bits per heavy atom. The van der Waals surface area contributed by atoms with Gasteiger partial charge >= 0.3 is 0 Å². The highest BCUT2D eigenvalue weighted by Gasteiger charge is 2.45. The molecule has 0 saturated carbocycles. The van der Waals surface area contributed by atoms with Crippen molar-refractivity contribution < 1.29 is 23.8 Å². The van der Waals surface area contributed by atoms with Crippen LogP contribution in [0.1, 0.15) is 29.1 Å². The first-order valence-corrected chi connectivity index (χ1v) is 10.3. The fraction of sp³-hybridized carbons (Fsp3) is 0.200. The number of hydrogen-bond donors (Lipinski definition) is 1. The van der Waals surface area contributed by atoms with E-state index in [0.29, 0.717) is 23.6 Å². The number of anilines is 2. The van der Waals surface area contributed by atoms with E-state index in [9.17, 15) is 14.7 Å². The summed E-state index contributed by atoms with van der Waals surface area (Å²) in [5.74, 6) is -1.12. The number of aliphatic hydroxyl groups excluding tert-OH is 1. The molecule has 164 valence electrons. The van der Waals surface area contributed by atoms with Crippen molar-refractivity contribution in [3.05, 3.63) is 89.6 Å². The molecule has 1 N–H and O–H groups in total. The Bertz CT molecular complexity index is 1160. The third-order valence-corrected chi connectivity index (χ3v) is 5.33. The van der Waals surface area contributed by atoms with Crippen molar-refractivity contribution in [1.29, 1.82) is 0 Å². The lowest BCUT2D eigenvalue weighted by Crippen LogP contribution is -2.31. The number of Topliss-reactive ketones (excluding diaryl/α,β-unsaturated/α-hetero) is 1. The third kappa shape index (κ3) is 3.73. The van der Waals surface area contributed by atoms with Gasteiger partial charge in [0.1, 0.15) is 5.75 Å². The SMILES string of the molecule is CCOc1cccc(C2C(C(=O)c3ccco3)=C(O)C(=O)N2c2ccc(N(C)C)cc2)c1. The van der Waals surface area contributed by atoms with Crippen LogP contribution in [0.4, 0.5) is 11.4 Å². The van der Waals surface area contributed by atoms with Crippen LogP contribution in [0.2, 0.25) is 0 Å². The standard InChI is InChI=1S/C25H24N2O5/c1-4-31-19-8-5-7-16(15-19)22-21(23(28)20-9-6-14-32-20)24(29)25(30)27(22)18-12-10-17(11-13-18)26(2)3/h5-15,22,29H,4H2,1-3H3. The molecule has 1 unspecified atom stereocenters. The highest BCUT2D eigenvalue weighted by molar-refractivity contribution is 6.20. The van der Waals surface area contributed by atoms with Crippen molar-refractivity contribution in [3.63, 3.8) is 0 Å². The zero-order valence-electron chi connectivity index (χ0n) is 18.1. The number of hydrogen-bond acceptors (Lipinski definition) is 6. The number of ether oxygens (including phenoxy) is 1. The zero-order chi connectivity index (χ0) is 22.8. The molecule has 1 atom stereocenters. The van der Waals surface area contributed by atoms with Crippen LogP contribution in [-0.4, -0.2) is 37.5 Å². The van der Waals surface area contributed by atoms with Crippen LogP contribution < -0.4 is 14.5 Å². The topological polar surface area (TPSA) is 83.2 Å². The molecule has 1 amide bonds. The van der Waals surface area contributed by atoms with Crippen molar-refractivity contribution in [2.24, 2.45) is 0 Å². The van der Waals surface area contributed by atoms with Crippen molar-refractivity contribution >= 4 is 23.1 Å². The number of ketones is 1. The lowest BCUT2D eigenvalue weighted by atomic mass is 9.94. The number of carbonyl (C=O) groups is 2. The maximum atomic E-state index is 13.3. The zero-order valence-corrected chi connectivity index (χ0v) is 18.1. The van der Waals surface area contributed by atoms with Crippen LogP contribution in [0.25, 0.3) is 0 Å². The molecule has 32 heavy (non-hydrogen) atoms. The van der Waals surface area contributed by atoms with Crippen molar-refractivity contribution in [2.75, 3.05) is 30.5 Å². The van der Waals surface area contributed by atoms with Gasteiger partial charge in [0.2, 0.25) is 5.78 Å². The number of rotatable bonds is 7. The minimum absolute atomic E-state index is 0.0321. The fourth-order valence-electron chi connectivity index (χ4n) is 3.81. The summed E-state index contributed by atoms with van der Waals surface area (Å²) < 4.78 is 10.9. The molecule has 4 rings (SSSR count). The highest BCUT2D eigenvalue weighted by Crippen LogP contribution is 2.42. The average Bonchev–Trinajstić information content (AvgIpc) is 3.41. The second-order valence-corrected chi connectivity index (χ2v) is 7.56. The first kappa shape index (κ1) is 21.2. The molecule has 2 heterocycles. The van der Waals surface area contributed by atoms with Gasteiger partial charge in [-0.3, -0.25) is 14.5 Å². The third-order valence-electron chi connectivity index (χ3n) is 5.33. The van der Waals surface area contributed by atoms with Gasteiger partial charge in [-0.25, -0.2) is 0 Å². The van der Waals surface area contributed by atoms with E-state index in [1.165, 1.54) is 17.2 Å². The Labute approximate surface area is 186 Å². The van der Waals surface area contributed by atoms with Crippen LogP contribution in [0.15, 0.2) is 82.7 Å². The predicted octanol–water partition coefficient (Wildman–Crippen LogP) is 4.53. The number of amides is 1. The summed E-state index contributed by atoms with van der Waals surface area (Å²) in [4.78, 5) is 29.8. The molecule has 3 aromatic rings. The Morgan fingerprint density at radius 2 is 1.88 bits per heavy atom. The van der Waals surface area contributed by atoms with E-state index in [1.807, 2.05) is 38.1 Å². The first-order valence-electron chi connectivity index (χ1n) is 10.3. The molecule has 7 heteroatoms. The summed E-state index contributed by atoms with van der Waals surface area (Å²) in [7, 11) is 3.84. The molecular formula is C25H24N2O5. The van der Waals surface area contributed by atoms with Gasteiger partial charge in [0.25, 0.3) is 5.91 Å². The van der Waals surface area contributed by atoms with E-state index in [4.69, 9.17) is 9.15 Å². The first-order chi connectivity index (χ1) is 15.4. The Kier molecular flexibility index (Phi) is 5.73. The van der Waals surface area contributed by atoms with E-state index in [1.54, 1.807) is 42.5 Å². The molecule has 1 aromatic heterocycles.